The third-order valence-corrected chi connectivity index (χ3v) is 3.11. The van der Waals surface area contributed by atoms with Crippen molar-refractivity contribution in [1.29, 1.82) is 0 Å². The Kier molecular flexibility index (Phi) is 4.43. The van der Waals surface area contributed by atoms with E-state index in [1.165, 1.54) is 30.3 Å². The number of rotatable bonds is 4. The van der Waals surface area contributed by atoms with Crippen LogP contribution >= 0.6 is 11.6 Å². The van der Waals surface area contributed by atoms with Gasteiger partial charge in [0, 0.05) is 10.6 Å². The zero-order valence-corrected chi connectivity index (χ0v) is 11.6. The Balaban J connectivity index is 2.46. The Bertz CT molecular complexity index is 635. The van der Waals surface area contributed by atoms with Gasteiger partial charge < -0.3 is 10.5 Å². The molecule has 0 unspecified atom stereocenters. The van der Waals surface area contributed by atoms with Gasteiger partial charge in [0.05, 0.1) is 0 Å². The second-order valence-electron chi connectivity index (χ2n) is 4.36. The number of hydrogen-bond donors (Lipinski definition) is 1. The van der Waals surface area contributed by atoms with Gasteiger partial charge in [-0.3, -0.25) is 0 Å². The largest absolute Gasteiger partial charge is 0.435 e. The highest BCUT2D eigenvalue weighted by Gasteiger charge is 2.45. The molecule has 0 aliphatic rings. The topological polar surface area (TPSA) is 52.3 Å². The molecule has 0 spiro atoms. The summed E-state index contributed by atoms with van der Waals surface area (Å²) in [7, 11) is 0. The van der Waals surface area contributed by atoms with Crippen molar-refractivity contribution < 1.29 is 18.3 Å². The number of carbonyl (C=O) groups excluding carboxylic acids is 1. The maximum atomic E-state index is 14.7. The average molecular weight is 312 g/mol. The van der Waals surface area contributed by atoms with E-state index in [4.69, 9.17) is 17.3 Å². The molecule has 0 bridgehead atoms. The van der Waals surface area contributed by atoms with E-state index in [1.54, 1.807) is 18.2 Å². The first-order valence-corrected chi connectivity index (χ1v) is 6.44. The Hall–Kier alpha value is -2.14. The third-order valence-electron chi connectivity index (χ3n) is 2.88. The first kappa shape index (κ1) is 15.3. The van der Waals surface area contributed by atoms with Crippen LogP contribution in [0.25, 0.3) is 0 Å². The van der Waals surface area contributed by atoms with E-state index in [1.807, 2.05) is 0 Å². The van der Waals surface area contributed by atoms with Crippen LogP contribution in [0, 0.1) is 0 Å². The van der Waals surface area contributed by atoms with Crippen molar-refractivity contribution in [3.05, 3.63) is 70.7 Å². The lowest BCUT2D eigenvalue weighted by molar-refractivity contribution is -0.119. The van der Waals surface area contributed by atoms with E-state index in [2.05, 4.69) is 4.74 Å². The molecule has 2 aromatic rings. The molecule has 110 valence electrons. The summed E-state index contributed by atoms with van der Waals surface area (Å²) in [6.45, 7) is 0. The molecule has 3 nitrogen and oxygen atoms in total. The van der Waals surface area contributed by atoms with Crippen LogP contribution in [0.5, 0.6) is 0 Å². The molecule has 2 N–H and O–H groups in total. The van der Waals surface area contributed by atoms with Crippen LogP contribution in [-0.4, -0.2) is 6.09 Å². The summed E-state index contributed by atoms with van der Waals surface area (Å²) in [4.78, 5) is 11.0. The van der Waals surface area contributed by atoms with Crippen LogP contribution in [0.4, 0.5) is 13.6 Å². The van der Waals surface area contributed by atoms with E-state index in [9.17, 15) is 13.6 Å². The standard InChI is InChI=1S/C15H12ClF2NO2/c16-12-8-4-7-11(9-12)15(17,18)13(21-14(19)20)10-5-2-1-3-6-10/h1-9,13H,(H2,19,20)/t13-/m0/s1. The molecule has 2 aromatic carbocycles. The number of hydrogen-bond acceptors (Lipinski definition) is 2. The number of carbonyl (C=O) groups is 1. The number of alkyl halides is 2. The van der Waals surface area contributed by atoms with Crippen molar-refractivity contribution in [3.8, 4) is 0 Å². The number of primary amides is 1. The minimum absolute atomic E-state index is 0.140. The molecular formula is C15H12ClF2NO2. The summed E-state index contributed by atoms with van der Waals surface area (Å²) < 4.78 is 34.0. The highest BCUT2D eigenvalue weighted by atomic mass is 35.5. The highest BCUT2D eigenvalue weighted by molar-refractivity contribution is 6.30. The highest BCUT2D eigenvalue weighted by Crippen LogP contribution is 2.43. The number of ether oxygens (including phenoxy) is 1. The molecule has 0 saturated heterocycles. The molecule has 0 aromatic heterocycles. The first-order chi connectivity index (χ1) is 9.91. The molecule has 0 radical (unpaired) electrons. The fraction of sp³-hybridized carbons (Fsp3) is 0.133. The molecular weight excluding hydrogens is 300 g/mol. The average Bonchev–Trinajstić information content (AvgIpc) is 2.45. The van der Waals surface area contributed by atoms with Gasteiger partial charge in [0.2, 0.25) is 0 Å². The van der Waals surface area contributed by atoms with E-state index in [0.717, 1.165) is 6.07 Å². The van der Waals surface area contributed by atoms with Crippen LogP contribution in [0.15, 0.2) is 54.6 Å². The zero-order chi connectivity index (χ0) is 15.5. The van der Waals surface area contributed by atoms with E-state index in [0.29, 0.717) is 0 Å². The number of nitrogens with two attached hydrogens (primary N) is 1. The van der Waals surface area contributed by atoms with Gasteiger partial charge in [-0.05, 0) is 17.7 Å². The molecule has 0 aliphatic carbocycles. The first-order valence-electron chi connectivity index (χ1n) is 6.06. The quantitative estimate of drug-likeness (QED) is 0.916. The summed E-state index contributed by atoms with van der Waals surface area (Å²) in [6, 6.07) is 12.9. The van der Waals surface area contributed by atoms with Gasteiger partial charge in [0.15, 0.2) is 6.10 Å². The molecule has 1 atom stereocenters. The molecule has 0 fully saturated rings. The van der Waals surface area contributed by atoms with Crippen molar-refractivity contribution >= 4 is 17.7 Å². The molecule has 6 heteroatoms. The van der Waals surface area contributed by atoms with Crippen LogP contribution in [0.3, 0.4) is 0 Å². The van der Waals surface area contributed by atoms with Gasteiger partial charge in [-0.2, -0.15) is 8.78 Å². The second-order valence-corrected chi connectivity index (χ2v) is 4.80. The van der Waals surface area contributed by atoms with Gasteiger partial charge in [-0.15, -0.1) is 0 Å². The smallest absolute Gasteiger partial charge is 0.405 e. The molecule has 0 saturated carbocycles. The minimum Gasteiger partial charge on any atom is -0.435 e. The Morgan fingerprint density at radius 2 is 1.81 bits per heavy atom. The Morgan fingerprint density at radius 3 is 2.38 bits per heavy atom. The van der Waals surface area contributed by atoms with E-state index < -0.39 is 18.1 Å². The Morgan fingerprint density at radius 1 is 1.14 bits per heavy atom. The molecule has 0 heterocycles. The molecule has 2 rings (SSSR count). The van der Waals surface area contributed by atoms with Crippen LogP contribution in [0.1, 0.15) is 17.2 Å². The maximum absolute atomic E-state index is 14.7. The lowest BCUT2D eigenvalue weighted by Crippen LogP contribution is -2.30. The summed E-state index contributed by atoms with van der Waals surface area (Å²) in [5.74, 6) is -3.47. The summed E-state index contributed by atoms with van der Waals surface area (Å²) in [6.07, 6.45) is -3.10. The van der Waals surface area contributed by atoms with Crippen molar-refractivity contribution in [2.24, 2.45) is 5.73 Å². The second kappa shape index (κ2) is 6.10. The molecule has 21 heavy (non-hydrogen) atoms. The fourth-order valence-electron chi connectivity index (χ4n) is 1.94. The summed E-state index contributed by atoms with van der Waals surface area (Å²) >= 11 is 5.74. The predicted molar refractivity (Wildman–Crippen MR) is 75.2 cm³/mol. The van der Waals surface area contributed by atoms with Gasteiger partial charge in [-0.1, -0.05) is 54.1 Å². The summed E-state index contributed by atoms with van der Waals surface area (Å²) in [5.41, 5.74) is 4.70. The van der Waals surface area contributed by atoms with Crippen LogP contribution in [-0.2, 0) is 10.7 Å². The van der Waals surface area contributed by atoms with Gasteiger partial charge >= 0.3 is 12.0 Å². The van der Waals surface area contributed by atoms with Crippen molar-refractivity contribution in [2.45, 2.75) is 12.0 Å². The lowest BCUT2D eigenvalue weighted by Gasteiger charge is -2.27. The van der Waals surface area contributed by atoms with Crippen LogP contribution in [0.2, 0.25) is 5.02 Å². The molecule has 1 amide bonds. The lowest BCUT2D eigenvalue weighted by atomic mass is 9.97. The number of halogens is 3. The van der Waals surface area contributed by atoms with E-state index in [-0.39, 0.29) is 16.1 Å². The minimum atomic E-state index is -3.47. The number of benzene rings is 2. The Labute approximate surface area is 125 Å². The van der Waals surface area contributed by atoms with E-state index >= 15 is 0 Å². The fourth-order valence-corrected chi connectivity index (χ4v) is 2.13. The zero-order valence-electron chi connectivity index (χ0n) is 10.8. The van der Waals surface area contributed by atoms with Gasteiger partial charge in [-0.25, -0.2) is 4.79 Å². The van der Waals surface area contributed by atoms with Gasteiger partial charge in [0.1, 0.15) is 0 Å². The normalized spacial score (nSPS) is 12.7. The van der Waals surface area contributed by atoms with Crippen molar-refractivity contribution in [2.75, 3.05) is 0 Å². The number of amides is 1. The predicted octanol–water partition coefficient (Wildman–Crippen LogP) is 4.27. The summed E-state index contributed by atoms with van der Waals surface area (Å²) in [5, 5.41) is 0.165. The SMILES string of the molecule is NC(=O)O[C@@H](c1ccccc1)C(F)(F)c1cccc(Cl)c1. The monoisotopic (exact) mass is 311 g/mol. The van der Waals surface area contributed by atoms with Crippen molar-refractivity contribution in [3.63, 3.8) is 0 Å². The maximum Gasteiger partial charge on any atom is 0.405 e. The van der Waals surface area contributed by atoms with Crippen molar-refractivity contribution in [1.82, 2.24) is 0 Å². The van der Waals surface area contributed by atoms with Crippen LogP contribution < -0.4 is 5.73 Å². The molecule has 0 aliphatic heterocycles. The third kappa shape index (κ3) is 3.49. The van der Waals surface area contributed by atoms with Gasteiger partial charge in [0.25, 0.3) is 0 Å².